The van der Waals surface area contributed by atoms with Gasteiger partial charge < -0.3 is 0 Å². The minimum absolute atomic E-state index is 0.233. The van der Waals surface area contributed by atoms with Crippen molar-refractivity contribution in [1.29, 1.82) is 0 Å². The summed E-state index contributed by atoms with van der Waals surface area (Å²) in [5.74, 6) is 0. The molecule has 0 fully saturated rings. The van der Waals surface area contributed by atoms with Crippen molar-refractivity contribution in [3.05, 3.63) is 0 Å². The van der Waals surface area contributed by atoms with Crippen molar-refractivity contribution >= 4 is 8.69 Å². The van der Waals surface area contributed by atoms with Crippen molar-refractivity contribution in [2.24, 2.45) is 0 Å². The lowest BCUT2D eigenvalue weighted by Gasteiger charge is -2.14. The second-order valence-electron chi connectivity index (χ2n) is 1.64. The van der Waals surface area contributed by atoms with Crippen LogP contribution in [0.1, 0.15) is 13.8 Å². The maximum Gasteiger partial charge on any atom is 0.328 e. The van der Waals surface area contributed by atoms with Gasteiger partial charge >= 0.3 is 8.69 Å². The molecular formula is C5H12NO2P. The average Bonchev–Trinajstić information content (AvgIpc) is 1.91. The van der Waals surface area contributed by atoms with Crippen LogP contribution in [-0.2, 0) is 9.09 Å². The third-order valence-corrected chi connectivity index (χ3v) is 1.41. The monoisotopic (exact) mass is 149 g/mol. The largest absolute Gasteiger partial charge is 0.328 e. The second kappa shape index (κ2) is 6.14. The number of hydrogen-bond donors (Lipinski definition) is 0. The molecule has 0 N–H and O–H groups in total. The average molecular weight is 149 g/mol. The van der Waals surface area contributed by atoms with Crippen LogP contribution in [0.3, 0.4) is 0 Å². The molecule has 54 valence electrons. The molecule has 0 unspecified atom stereocenters. The highest BCUT2D eigenvalue weighted by Crippen LogP contribution is 1.96. The van der Waals surface area contributed by atoms with E-state index in [0.717, 1.165) is 13.1 Å². The van der Waals surface area contributed by atoms with Crippen LogP contribution in [0.4, 0.5) is 0 Å². The summed E-state index contributed by atoms with van der Waals surface area (Å²) in [5.41, 5.74) is 0. The molecule has 0 heterocycles. The summed E-state index contributed by atoms with van der Waals surface area (Å²) >= 11 is 0. The van der Waals surface area contributed by atoms with Crippen molar-refractivity contribution in [2.45, 2.75) is 13.8 Å². The summed E-state index contributed by atoms with van der Waals surface area (Å²) in [5, 5.41) is 0. The van der Waals surface area contributed by atoms with Crippen LogP contribution in [0.15, 0.2) is 0 Å². The van der Waals surface area contributed by atoms with Crippen LogP contribution in [0.25, 0.3) is 0 Å². The van der Waals surface area contributed by atoms with E-state index < -0.39 is 0 Å². The quantitative estimate of drug-likeness (QED) is 0.438. The van der Waals surface area contributed by atoms with Gasteiger partial charge in [0.05, 0.1) is 0 Å². The smallest absolute Gasteiger partial charge is 0.281 e. The van der Waals surface area contributed by atoms with Gasteiger partial charge in [-0.25, -0.2) is 4.57 Å². The molecule has 0 aromatic carbocycles. The Morgan fingerprint density at radius 2 is 2.00 bits per heavy atom. The third kappa shape index (κ3) is 4.52. The molecule has 9 heavy (non-hydrogen) atoms. The predicted octanol–water partition coefficient (Wildman–Crippen LogP) is 1.51. The van der Waals surface area contributed by atoms with Crippen LogP contribution in [-0.4, -0.2) is 24.7 Å². The molecule has 3 nitrogen and oxygen atoms in total. The van der Waals surface area contributed by atoms with Crippen LogP contribution >= 0.6 is 8.69 Å². The van der Waals surface area contributed by atoms with Gasteiger partial charge in [-0.2, -0.15) is 0 Å². The molecule has 0 saturated carbocycles. The Balaban J connectivity index is 3.19. The Morgan fingerprint density at radius 1 is 1.44 bits per heavy atom. The van der Waals surface area contributed by atoms with E-state index in [2.05, 4.69) is 4.52 Å². The molecule has 0 spiro atoms. The van der Waals surface area contributed by atoms with Crippen molar-refractivity contribution < 1.29 is 9.09 Å². The fraction of sp³-hybridized carbons (Fsp3) is 1.00. The molecule has 0 bridgehead atoms. The van der Waals surface area contributed by atoms with Crippen molar-refractivity contribution in [3.63, 3.8) is 0 Å². The molecule has 0 amide bonds. The zero-order valence-corrected chi connectivity index (χ0v) is 6.73. The summed E-state index contributed by atoms with van der Waals surface area (Å²) in [7, 11) is -0.233. The zero-order valence-electron chi connectivity index (χ0n) is 5.83. The minimum Gasteiger partial charge on any atom is -0.281 e. The first-order valence-corrected chi connectivity index (χ1v) is 3.75. The van der Waals surface area contributed by atoms with Gasteiger partial charge in [0.15, 0.2) is 0 Å². The van der Waals surface area contributed by atoms with E-state index in [1.165, 1.54) is 0 Å². The second-order valence-corrected chi connectivity index (χ2v) is 2.04. The molecule has 0 radical (unpaired) electrons. The van der Waals surface area contributed by atoms with Gasteiger partial charge in [0.1, 0.15) is 6.73 Å². The highest BCUT2D eigenvalue weighted by atomic mass is 31.1. The molecule has 0 rings (SSSR count). The molecule has 0 saturated heterocycles. The normalized spacial score (nSPS) is 11.0. The van der Waals surface area contributed by atoms with E-state index in [4.69, 9.17) is 0 Å². The summed E-state index contributed by atoms with van der Waals surface area (Å²) in [4.78, 5) is 2.03. The Hall–Kier alpha value is 0.0200. The number of hydrogen-bond acceptors (Lipinski definition) is 3. The summed E-state index contributed by atoms with van der Waals surface area (Å²) in [6, 6.07) is 0. The first kappa shape index (κ1) is 9.02. The first-order chi connectivity index (χ1) is 4.35. The predicted molar refractivity (Wildman–Crippen MR) is 36.5 cm³/mol. The summed E-state index contributed by atoms with van der Waals surface area (Å²) in [6.07, 6.45) is 0. The van der Waals surface area contributed by atoms with Crippen molar-refractivity contribution in [2.75, 3.05) is 19.8 Å². The number of nitrogens with zero attached hydrogens (tertiary/aromatic N) is 1. The molecule has 0 aliphatic heterocycles. The Kier molecular flexibility index (Phi) is 6.16. The van der Waals surface area contributed by atoms with Gasteiger partial charge in [0, 0.05) is 0 Å². The highest BCUT2D eigenvalue weighted by Gasteiger charge is 1.95. The lowest BCUT2D eigenvalue weighted by atomic mass is 10.6. The maximum atomic E-state index is 9.79. The molecule has 0 aliphatic rings. The van der Waals surface area contributed by atoms with Gasteiger partial charge in [0.2, 0.25) is 0 Å². The van der Waals surface area contributed by atoms with Gasteiger partial charge in [-0.15, -0.1) is 0 Å². The fourth-order valence-electron chi connectivity index (χ4n) is 0.511. The highest BCUT2D eigenvalue weighted by molar-refractivity contribution is 7.17. The Bertz CT molecular complexity index is 75.4. The van der Waals surface area contributed by atoms with Crippen molar-refractivity contribution in [1.82, 2.24) is 4.90 Å². The van der Waals surface area contributed by atoms with Crippen LogP contribution < -0.4 is 0 Å². The van der Waals surface area contributed by atoms with Gasteiger partial charge in [-0.1, -0.05) is 13.8 Å². The lowest BCUT2D eigenvalue weighted by Crippen LogP contribution is -2.23. The Morgan fingerprint density at radius 3 is 2.33 bits per heavy atom. The number of rotatable bonds is 5. The van der Waals surface area contributed by atoms with E-state index in [9.17, 15) is 4.57 Å². The summed E-state index contributed by atoms with van der Waals surface area (Å²) < 4.78 is 14.4. The zero-order chi connectivity index (χ0) is 7.11. The van der Waals surface area contributed by atoms with Gasteiger partial charge in [-0.05, 0) is 13.1 Å². The van der Waals surface area contributed by atoms with Crippen LogP contribution in [0.5, 0.6) is 0 Å². The van der Waals surface area contributed by atoms with E-state index in [0.29, 0.717) is 6.73 Å². The Labute approximate surface area is 57.3 Å². The minimum atomic E-state index is -0.233. The van der Waals surface area contributed by atoms with Crippen molar-refractivity contribution in [3.8, 4) is 0 Å². The topological polar surface area (TPSA) is 29.5 Å². The van der Waals surface area contributed by atoms with Crippen LogP contribution in [0.2, 0.25) is 0 Å². The SMILES string of the molecule is CCN(CC)COP=O. The van der Waals surface area contributed by atoms with E-state index in [-0.39, 0.29) is 8.69 Å². The van der Waals surface area contributed by atoms with E-state index >= 15 is 0 Å². The van der Waals surface area contributed by atoms with E-state index in [1.54, 1.807) is 0 Å². The standard InChI is InChI=1S/C5H12NO2P/c1-3-6(4-2)5-8-9-7/h3-5H2,1-2H3. The summed E-state index contributed by atoms with van der Waals surface area (Å²) in [6.45, 7) is 6.40. The van der Waals surface area contributed by atoms with Crippen LogP contribution in [0, 0.1) is 0 Å². The first-order valence-electron chi connectivity index (χ1n) is 3.02. The molecule has 0 atom stereocenters. The van der Waals surface area contributed by atoms with Gasteiger partial charge in [0.25, 0.3) is 0 Å². The van der Waals surface area contributed by atoms with E-state index in [1.807, 2.05) is 18.7 Å². The maximum absolute atomic E-state index is 9.79. The molecule has 0 aromatic heterocycles. The van der Waals surface area contributed by atoms with Gasteiger partial charge in [-0.3, -0.25) is 9.42 Å². The molecule has 0 aliphatic carbocycles. The molecule has 0 aromatic rings. The fourth-order valence-corrected chi connectivity index (χ4v) is 0.722. The molecule has 4 heteroatoms. The lowest BCUT2D eigenvalue weighted by molar-refractivity contribution is 0.150. The third-order valence-electron chi connectivity index (χ3n) is 1.19. The molecular weight excluding hydrogens is 137 g/mol.